The molecule has 0 aliphatic carbocycles. The van der Waals surface area contributed by atoms with Gasteiger partial charge in [-0.3, -0.25) is 9.20 Å². The number of fused-ring (bicyclic) bond motifs is 5. The second-order valence-electron chi connectivity index (χ2n) is 8.28. The molecule has 1 aliphatic rings. The molecule has 8 nitrogen and oxygen atoms in total. The van der Waals surface area contributed by atoms with E-state index in [4.69, 9.17) is 14.5 Å². The molecule has 0 spiro atoms. The Kier molecular flexibility index (Phi) is 5.31. The van der Waals surface area contributed by atoms with Crippen LogP contribution in [0.1, 0.15) is 30.1 Å². The highest BCUT2D eigenvalue weighted by Crippen LogP contribution is 2.40. The normalized spacial score (nSPS) is 15.1. The first-order chi connectivity index (χ1) is 15.3. The molecule has 4 heterocycles. The highest BCUT2D eigenvalue weighted by atomic mass is 32.2. The molecule has 0 unspecified atom stereocenters. The first-order valence-corrected chi connectivity index (χ1v) is 12.0. The van der Waals surface area contributed by atoms with E-state index in [9.17, 15) is 4.79 Å². The maximum absolute atomic E-state index is 12.5. The number of aromatic nitrogens is 4. The van der Waals surface area contributed by atoms with Gasteiger partial charge >= 0.3 is 0 Å². The first kappa shape index (κ1) is 21.2. The number of nitrogens with one attached hydrogen (secondary N) is 1. The highest BCUT2D eigenvalue weighted by molar-refractivity contribution is 7.99. The van der Waals surface area contributed by atoms with Gasteiger partial charge in [-0.15, -0.1) is 21.5 Å². The molecule has 0 saturated heterocycles. The number of thiophene rings is 1. The van der Waals surface area contributed by atoms with E-state index in [0.29, 0.717) is 11.8 Å². The lowest BCUT2D eigenvalue weighted by Crippen LogP contribution is -2.31. The number of carbonyl (C=O) groups is 1. The van der Waals surface area contributed by atoms with Crippen LogP contribution in [-0.4, -0.2) is 44.0 Å². The number of hydrogen-bond donors (Lipinski definition) is 1. The van der Waals surface area contributed by atoms with Crippen LogP contribution in [0.25, 0.3) is 15.9 Å². The smallest absolute Gasteiger partial charge is 0.234 e. The van der Waals surface area contributed by atoms with E-state index >= 15 is 0 Å². The van der Waals surface area contributed by atoms with E-state index in [-0.39, 0.29) is 17.3 Å². The Bertz CT molecular complexity index is 1330. The number of ether oxygens (including phenoxy) is 2. The van der Waals surface area contributed by atoms with Gasteiger partial charge in [0.1, 0.15) is 16.4 Å². The lowest BCUT2D eigenvalue weighted by molar-refractivity contribution is -0.113. The lowest BCUT2D eigenvalue weighted by Gasteiger charge is -2.30. The molecular formula is C22H23N5O3S2. The van der Waals surface area contributed by atoms with Crippen LogP contribution >= 0.6 is 23.1 Å². The highest BCUT2D eigenvalue weighted by Gasteiger charge is 2.31. The number of carbonyl (C=O) groups excluding carboxylic acids is 1. The van der Waals surface area contributed by atoms with Gasteiger partial charge in [-0.1, -0.05) is 11.8 Å². The number of methoxy groups -OCH3 is 1. The summed E-state index contributed by atoms with van der Waals surface area (Å²) in [6.45, 7) is 6.74. The molecule has 0 fully saturated rings. The molecule has 0 radical (unpaired) electrons. The summed E-state index contributed by atoms with van der Waals surface area (Å²) in [5.41, 5.74) is 2.54. The zero-order valence-electron chi connectivity index (χ0n) is 18.3. The van der Waals surface area contributed by atoms with E-state index in [1.54, 1.807) is 18.4 Å². The quantitative estimate of drug-likeness (QED) is 0.437. The third kappa shape index (κ3) is 3.82. The third-order valence-corrected chi connectivity index (χ3v) is 7.45. The molecule has 166 valence electrons. The van der Waals surface area contributed by atoms with Crippen molar-refractivity contribution < 1.29 is 14.3 Å². The molecule has 10 heteroatoms. The number of rotatable bonds is 5. The summed E-state index contributed by atoms with van der Waals surface area (Å²) >= 11 is 3.01. The molecule has 1 amide bonds. The fraction of sp³-hybridized carbons (Fsp3) is 0.364. The number of anilines is 1. The molecule has 0 atom stereocenters. The van der Waals surface area contributed by atoms with Crippen molar-refractivity contribution in [1.29, 1.82) is 0 Å². The van der Waals surface area contributed by atoms with E-state index in [1.165, 1.54) is 22.2 Å². The van der Waals surface area contributed by atoms with Crippen molar-refractivity contribution in [3.63, 3.8) is 0 Å². The monoisotopic (exact) mass is 469 g/mol. The van der Waals surface area contributed by atoms with Crippen molar-refractivity contribution in [3.05, 3.63) is 40.5 Å². The van der Waals surface area contributed by atoms with E-state index in [1.807, 2.05) is 35.6 Å². The summed E-state index contributed by atoms with van der Waals surface area (Å²) in [5, 5.41) is 13.5. The minimum Gasteiger partial charge on any atom is -0.497 e. The number of thioether (sulfide) groups is 1. The van der Waals surface area contributed by atoms with Gasteiger partial charge in [0.25, 0.3) is 0 Å². The number of hydrogen-bond acceptors (Lipinski definition) is 8. The van der Waals surface area contributed by atoms with Crippen LogP contribution in [0.3, 0.4) is 0 Å². The molecule has 4 aromatic rings. The number of aryl methyl sites for hydroxylation is 1. The van der Waals surface area contributed by atoms with Crippen LogP contribution in [-0.2, 0) is 22.6 Å². The Morgan fingerprint density at radius 2 is 2.09 bits per heavy atom. The Morgan fingerprint density at radius 3 is 2.84 bits per heavy atom. The van der Waals surface area contributed by atoms with Crippen LogP contribution in [0, 0.1) is 6.92 Å². The Labute approximate surface area is 193 Å². The predicted octanol–water partition coefficient (Wildman–Crippen LogP) is 4.24. The topological polar surface area (TPSA) is 90.6 Å². The van der Waals surface area contributed by atoms with Crippen molar-refractivity contribution in [3.8, 4) is 5.75 Å². The van der Waals surface area contributed by atoms with E-state index < -0.39 is 0 Å². The van der Waals surface area contributed by atoms with Crippen LogP contribution in [0.15, 0.2) is 29.4 Å². The standard InChI is InChI=1S/C22H23N5O3S2/c1-12-23-20-18(15-9-22(2,3)30-10-16(15)32-20)19-25-26-21(27(12)19)31-11-17(28)24-13-5-7-14(29-4)8-6-13/h5-8H,9-11H2,1-4H3,(H,24,28). The maximum atomic E-state index is 12.5. The summed E-state index contributed by atoms with van der Waals surface area (Å²) < 4.78 is 13.1. The number of benzene rings is 1. The molecule has 0 saturated carbocycles. The fourth-order valence-corrected chi connectivity index (χ4v) is 5.79. The van der Waals surface area contributed by atoms with E-state index in [2.05, 4.69) is 29.4 Å². The van der Waals surface area contributed by atoms with Crippen molar-refractivity contribution in [2.24, 2.45) is 0 Å². The molecule has 1 aromatic carbocycles. The summed E-state index contributed by atoms with van der Waals surface area (Å²) in [6.07, 6.45) is 0.808. The fourth-order valence-electron chi connectivity index (χ4n) is 3.86. The van der Waals surface area contributed by atoms with Gasteiger partial charge in [-0.2, -0.15) is 0 Å². The van der Waals surface area contributed by atoms with Crippen LogP contribution in [0.2, 0.25) is 0 Å². The van der Waals surface area contributed by atoms with E-state index in [0.717, 1.165) is 39.5 Å². The van der Waals surface area contributed by atoms with Crippen molar-refractivity contribution >= 4 is 50.6 Å². The predicted molar refractivity (Wildman–Crippen MR) is 126 cm³/mol. The summed E-state index contributed by atoms with van der Waals surface area (Å²) in [7, 11) is 1.61. The minimum atomic E-state index is -0.222. The van der Waals surface area contributed by atoms with Gasteiger partial charge in [0.05, 0.1) is 30.5 Å². The van der Waals surface area contributed by atoms with Crippen molar-refractivity contribution in [2.75, 3.05) is 18.2 Å². The zero-order chi connectivity index (χ0) is 22.5. The van der Waals surface area contributed by atoms with Gasteiger partial charge < -0.3 is 14.8 Å². The van der Waals surface area contributed by atoms with Crippen molar-refractivity contribution in [2.45, 2.75) is 44.6 Å². The van der Waals surface area contributed by atoms with Gasteiger partial charge in [0, 0.05) is 17.0 Å². The van der Waals surface area contributed by atoms with Crippen LogP contribution in [0.4, 0.5) is 5.69 Å². The average molecular weight is 470 g/mol. The third-order valence-electron chi connectivity index (χ3n) is 5.42. The van der Waals surface area contributed by atoms with Gasteiger partial charge in [0.2, 0.25) is 5.91 Å². The second kappa shape index (κ2) is 8.02. The Balaban J connectivity index is 1.41. The first-order valence-electron chi connectivity index (χ1n) is 10.2. The molecule has 1 aliphatic heterocycles. The molecule has 0 bridgehead atoms. The zero-order valence-corrected chi connectivity index (χ0v) is 19.9. The Hall–Kier alpha value is -2.69. The van der Waals surface area contributed by atoms with Gasteiger partial charge in [-0.05, 0) is 50.6 Å². The average Bonchev–Trinajstić information content (AvgIpc) is 3.33. The largest absolute Gasteiger partial charge is 0.497 e. The maximum Gasteiger partial charge on any atom is 0.234 e. The van der Waals surface area contributed by atoms with Crippen LogP contribution in [0.5, 0.6) is 5.75 Å². The number of nitrogens with zero attached hydrogens (tertiary/aromatic N) is 4. The molecule has 5 rings (SSSR count). The molecule has 1 N–H and O–H groups in total. The lowest BCUT2D eigenvalue weighted by atomic mass is 9.94. The van der Waals surface area contributed by atoms with Gasteiger partial charge in [0.15, 0.2) is 10.8 Å². The molecule has 3 aromatic heterocycles. The minimum absolute atomic E-state index is 0.115. The Morgan fingerprint density at radius 1 is 1.31 bits per heavy atom. The van der Waals surface area contributed by atoms with Crippen LogP contribution < -0.4 is 10.1 Å². The molecule has 32 heavy (non-hydrogen) atoms. The molecular weight excluding hydrogens is 446 g/mol. The van der Waals surface area contributed by atoms with Gasteiger partial charge in [-0.25, -0.2) is 4.98 Å². The SMILES string of the molecule is COc1ccc(NC(=O)CSc2nnc3c4c5c(sc4nc(C)n23)COC(C)(C)C5)cc1. The number of amides is 1. The second-order valence-corrected chi connectivity index (χ2v) is 10.3. The summed E-state index contributed by atoms with van der Waals surface area (Å²) in [5.74, 6) is 1.64. The summed E-state index contributed by atoms with van der Waals surface area (Å²) in [4.78, 5) is 19.5. The summed E-state index contributed by atoms with van der Waals surface area (Å²) in [6, 6.07) is 7.24. The van der Waals surface area contributed by atoms with Crippen molar-refractivity contribution in [1.82, 2.24) is 19.6 Å².